The highest BCUT2D eigenvalue weighted by Crippen LogP contribution is 2.23. The number of benzene rings is 1. The first-order valence-corrected chi connectivity index (χ1v) is 5.67. The molecule has 1 heterocycles. The third-order valence-electron chi connectivity index (χ3n) is 2.50. The first-order valence-electron chi connectivity index (χ1n) is 5.67. The van der Waals surface area contributed by atoms with Crippen molar-refractivity contribution in [3.63, 3.8) is 0 Å². The van der Waals surface area contributed by atoms with Gasteiger partial charge in [-0.15, -0.1) is 0 Å². The molecule has 0 unspecified atom stereocenters. The van der Waals surface area contributed by atoms with E-state index in [1.54, 1.807) is 18.2 Å². The van der Waals surface area contributed by atoms with Crippen LogP contribution in [0.2, 0.25) is 0 Å². The Bertz CT molecular complexity index is 697. The van der Waals surface area contributed by atoms with Crippen molar-refractivity contribution in [1.29, 1.82) is 0 Å². The van der Waals surface area contributed by atoms with Gasteiger partial charge in [-0.3, -0.25) is 4.79 Å². The second kappa shape index (κ2) is 5.39. The fraction of sp³-hybridized carbons (Fsp3) is 0.143. The van der Waals surface area contributed by atoms with Crippen LogP contribution in [0.15, 0.2) is 45.6 Å². The normalized spacial score (nSPS) is 11.0. The average molecular weight is 260 g/mol. The van der Waals surface area contributed by atoms with Crippen molar-refractivity contribution in [1.82, 2.24) is 0 Å². The summed E-state index contributed by atoms with van der Waals surface area (Å²) in [5.74, 6) is -1.29. The van der Waals surface area contributed by atoms with E-state index in [-0.39, 0.29) is 16.7 Å². The smallest absolute Gasteiger partial charge is 0.371 e. The molecule has 0 atom stereocenters. The van der Waals surface area contributed by atoms with Gasteiger partial charge in [0.1, 0.15) is 23.3 Å². The summed E-state index contributed by atoms with van der Waals surface area (Å²) in [5, 5.41) is 9.09. The summed E-state index contributed by atoms with van der Waals surface area (Å²) < 4.78 is 10.6. The highest BCUT2D eigenvalue weighted by atomic mass is 16.5. The van der Waals surface area contributed by atoms with Crippen LogP contribution in [-0.4, -0.2) is 17.7 Å². The zero-order valence-corrected chi connectivity index (χ0v) is 10.3. The van der Waals surface area contributed by atoms with Gasteiger partial charge in [0.15, 0.2) is 5.43 Å². The van der Waals surface area contributed by atoms with Crippen LogP contribution in [0.4, 0.5) is 0 Å². The monoisotopic (exact) mass is 260 g/mol. The maximum absolute atomic E-state index is 11.9. The molecule has 0 aliphatic carbocycles. The van der Waals surface area contributed by atoms with Gasteiger partial charge < -0.3 is 14.3 Å². The molecule has 0 spiro atoms. The summed E-state index contributed by atoms with van der Waals surface area (Å²) in [7, 11) is 0. The van der Waals surface area contributed by atoms with Gasteiger partial charge in [-0.05, 0) is 19.1 Å². The first kappa shape index (κ1) is 12.9. The predicted molar refractivity (Wildman–Crippen MR) is 69.8 cm³/mol. The summed E-state index contributed by atoms with van der Waals surface area (Å²) in [6, 6.07) is 5.77. The van der Waals surface area contributed by atoms with Gasteiger partial charge >= 0.3 is 5.97 Å². The molecular formula is C14H12O5. The van der Waals surface area contributed by atoms with E-state index in [0.29, 0.717) is 12.4 Å². The van der Waals surface area contributed by atoms with Gasteiger partial charge in [-0.1, -0.05) is 18.2 Å². The molecule has 1 aromatic heterocycles. The van der Waals surface area contributed by atoms with Gasteiger partial charge in [0, 0.05) is 6.07 Å². The van der Waals surface area contributed by atoms with Crippen molar-refractivity contribution < 1.29 is 19.1 Å². The van der Waals surface area contributed by atoms with Crippen LogP contribution in [0, 0.1) is 0 Å². The quantitative estimate of drug-likeness (QED) is 0.854. The van der Waals surface area contributed by atoms with E-state index >= 15 is 0 Å². The van der Waals surface area contributed by atoms with Crippen LogP contribution in [0.3, 0.4) is 0 Å². The molecule has 5 nitrogen and oxygen atoms in total. The number of carboxylic acid groups (broad SMARTS) is 1. The second-order valence-electron chi connectivity index (χ2n) is 3.79. The van der Waals surface area contributed by atoms with Crippen molar-refractivity contribution in [3.05, 3.63) is 52.4 Å². The van der Waals surface area contributed by atoms with E-state index in [9.17, 15) is 9.59 Å². The molecule has 2 rings (SSSR count). The Kier molecular flexibility index (Phi) is 3.66. The van der Waals surface area contributed by atoms with Crippen molar-refractivity contribution in [2.45, 2.75) is 6.92 Å². The molecular weight excluding hydrogens is 248 g/mol. The molecule has 0 amide bonds. The molecule has 0 radical (unpaired) electrons. The van der Waals surface area contributed by atoms with Gasteiger partial charge in [-0.25, -0.2) is 4.79 Å². The molecule has 1 aromatic carbocycles. The molecule has 0 fully saturated rings. The molecule has 0 saturated carbocycles. The maximum atomic E-state index is 11.9. The third kappa shape index (κ3) is 2.65. The van der Waals surface area contributed by atoms with E-state index in [1.807, 2.05) is 13.0 Å². The molecule has 5 heteroatoms. The second-order valence-corrected chi connectivity index (χ2v) is 3.79. The summed E-state index contributed by atoms with van der Waals surface area (Å²) in [6.45, 7) is 2.19. The van der Waals surface area contributed by atoms with E-state index in [2.05, 4.69) is 0 Å². The number of carbonyl (C=O) groups is 1. The van der Waals surface area contributed by atoms with Crippen LogP contribution in [-0.2, 0) is 0 Å². The van der Waals surface area contributed by atoms with Crippen molar-refractivity contribution >= 4 is 16.9 Å². The fourth-order valence-electron chi connectivity index (χ4n) is 1.64. The summed E-state index contributed by atoms with van der Waals surface area (Å²) >= 11 is 0. The molecule has 98 valence electrons. The highest BCUT2D eigenvalue weighted by Gasteiger charge is 2.13. The fourth-order valence-corrected chi connectivity index (χ4v) is 1.64. The number of ether oxygens (including phenoxy) is 1. The molecule has 0 aliphatic rings. The van der Waals surface area contributed by atoms with Crippen LogP contribution < -0.4 is 10.2 Å². The topological polar surface area (TPSA) is 76.7 Å². The number of allylic oxidation sites excluding steroid dienone is 1. The van der Waals surface area contributed by atoms with Crippen LogP contribution in [0.5, 0.6) is 5.75 Å². The Morgan fingerprint density at radius 2 is 2.26 bits per heavy atom. The predicted octanol–water partition coefficient (Wildman–Crippen LogP) is 2.45. The number of carboxylic acids is 1. The van der Waals surface area contributed by atoms with Crippen molar-refractivity contribution in [2.24, 2.45) is 0 Å². The van der Waals surface area contributed by atoms with Crippen molar-refractivity contribution in [3.8, 4) is 5.75 Å². The molecule has 0 saturated heterocycles. The van der Waals surface area contributed by atoms with Gasteiger partial charge in [0.05, 0.1) is 0 Å². The zero-order chi connectivity index (χ0) is 13.8. The highest BCUT2D eigenvalue weighted by molar-refractivity contribution is 5.89. The minimum atomic E-state index is -1.28. The van der Waals surface area contributed by atoms with Crippen molar-refractivity contribution in [2.75, 3.05) is 6.61 Å². The van der Waals surface area contributed by atoms with E-state index < -0.39 is 11.4 Å². The molecule has 0 aliphatic heterocycles. The lowest BCUT2D eigenvalue weighted by atomic mass is 10.2. The zero-order valence-electron chi connectivity index (χ0n) is 10.3. The first-order chi connectivity index (χ1) is 9.13. The number of hydrogen-bond donors (Lipinski definition) is 1. The van der Waals surface area contributed by atoms with Gasteiger partial charge in [0.25, 0.3) is 0 Å². The van der Waals surface area contributed by atoms with Crippen LogP contribution in [0.25, 0.3) is 11.0 Å². The van der Waals surface area contributed by atoms with E-state index in [4.69, 9.17) is 14.3 Å². The Morgan fingerprint density at radius 1 is 1.47 bits per heavy atom. The van der Waals surface area contributed by atoms with E-state index in [0.717, 1.165) is 6.07 Å². The lowest BCUT2D eigenvalue weighted by molar-refractivity contribution is 0.0663. The molecule has 2 aromatic rings. The third-order valence-corrected chi connectivity index (χ3v) is 2.50. The standard InChI is InChI=1S/C14H12O5/c1-2-3-7-18-10-5-4-6-11-13(10)9(15)8-12(19-11)14(16)17/h2-6,8H,7H2,1H3,(H,16,17). The average Bonchev–Trinajstić information content (AvgIpc) is 2.38. The van der Waals surface area contributed by atoms with Crippen LogP contribution >= 0.6 is 0 Å². The lowest BCUT2D eigenvalue weighted by Gasteiger charge is -2.06. The number of hydrogen-bond acceptors (Lipinski definition) is 4. The molecule has 19 heavy (non-hydrogen) atoms. The Labute approximate surface area is 108 Å². The van der Waals surface area contributed by atoms with Gasteiger partial charge in [0.2, 0.25) is 5.76 Å². The lowest BCUT2D eigenvalue weighted by Crippen LogP contribution is -2.08. The molecule has 1 N–H and O–H groups in total. The molecule has 0 bridgehead atoms. The Morgan fingerprint density at radius 3 is 2.95 bits per heavy atom. The largest absolute Gasteiger partial charge is 0.489 e. The number of fused-ring (bicyclic) bond motifs is 1. The summed E-state index contributed by atoms with van der Waals surface area (Å²) in [4.78, 5) is 22.8. The maximum Gasteiger partial charge on any atom is 0.371 e. The number of rotatable bonds is 4. The summed E-state index contributed by atoms with van der Waals surface area (Å²) in [6.07, 6.45) is 3.63. The summed E-state index contributed by atoms with van der Waals surface area (Å²) in [5.41, 5.74) is -0.238. The van der Waals surface area contributed by atoms with E-state index in [1.165, 1.54) is 6.07 Å². The van der Waals surface area contributed by atoms with Crippen LogP contribution in [0.1, 0.15) is 17.5 Å². The minimum absolute atomic E-state index is 0.197. The SMILES string of the molecule is CC=CCOc1cccc2oc(C(=O)O)cc(=O)c12. The van der Waals surface area contributed by atoms with Gasteiger partial charge in [-0.2, -0.15) is 0 Å². The number of aromatic carboxylic acids is 1. The Balaban J connectivity index is 2.56. The minimum Gasteiger partial charge on any atom is -0.489 e. The Hall–Kier alpha value is -2.56.